The first-order valence-electron chi connectivity index (χ1n) is 7.07. The monoisotopic (exact) mass is 285 g/mol. The van der Waals surface area contributed by atoms with Crippen molar-refractivity contribution in [1.29, 1.82) is 0 Å². The third kappa shape index (κ3) is 2.67. The second-order valence-corrected chi connectivity index (χ2v) is 5.69. The molecule has 1 saturated heterocycles. The second kappa shape index (κ2) is 5.29. The van der Waals surface area contributed by atoms with Crippen LogP contribution in [-0.2, 0) is 4.79 Å². The first-order chi connectivity index (χ1) is 10.1. The summed E-state index contributed by atoms with van der Waals surface area (Å²) in [5.74, 6) is 1.71. The lowest BCUT2D eigenvalue weighted by molar-refractivity contribution is -0.123. The molecule has 6 heteroatoms. The topological polar surface area (TPSA) is 71.8 Å². The lowest BCUT2D eigenvalue weighted by atomic mass is 9.89. The van der Waals surface area contributed by atoms with Crippen LogP contribution in [-0.4, -0.2) is 33.5 Å². The van der Waals surface area contributed by atoms with E-state index >= 15 is 0 Å². The highest BCUT2D eigenvalue weighted by molar-refractivity contribution is 5.95. The van der Waals surface area contributed by atoms with Gasteiger partial charge in [-0.25, -0.2) is 9.97 Å². The normalized spacial score (nSPS) is 21.4. The fourth-order valence-electron chi connectivity index (χ4n) is 2.52. The number of hydrogen-bond acceptors (Lipinski definition) is 4. The van der Waals surface area contributed by atoms with Gasteiger partial charge in [-0.05, 0) is 38.9 Å². The van der Waals surface area contributed by atoms with Gasteiger partial charge < -0.3 is 10.6 Å². The van der Waals surface area contributed by atoms with Gasteiger partial charge in [0.25, 0.3) is 0 Å². The molecule has 2 aromatic rings. The number of carbonyl (C=O) groups excluding carboxylic acids is 1. The Morgan fingerprint density at radius 1 is 1.43 bits per heavy atom. The third-order valence-electron chi connectivity index (χ3n) is 4.00. The van der Waals surface area contributed by atoms with E-state index in [0.717, 1.165) is 36.8 Å². The molecule has 1 aliphatic heterocycles. The fourth-order valence-corrected chi connectivity index (χ4v) is 2.52. The molecule has 0 bridgehead atoms. The number of carbonyl (C=O) groups is 1. The molecular weight excluding hydrogens is 266 g/mol. The molecule has 0 saturated carbocycles. The van der Waals surface area contributed by atoms with Crippen molar-refractivity contribution in [2.24, 2.45) is 5.41 Å². The molecule has 2 N–H and O–H groups in total. The van der Waals surface area contributed by atoms with Gasteiger partial charge in [0.15, 0.2) is 0 Å². The molecule has 0 spiro atoms. The van der Waals surface area contributed by atoms with E-state index in [9.17, 15) is 4.79 Å². The molecule has 110 valence electrons. The number of aromatic nitrogens is 3. The van der Waals surface area contributed by atoms with Crippen LogP contribution in [0, 0.1) is 12.3 Å². The number of pyridine rings is 1. The molecule has 21 heavy (non-hydrogen) atoms. The number of aryl methyl sites for hydroxylation is 1. The zero-order valence-corrected chi connectivity index (χ0v) is 12.3. The molecule has 1 amide bonds. The Kier molecular flexibility index (Phi) is 3.47. The minimum Gasteiger partial charge on any atom is -0.324 e. The number of nitrogens with one attached hydrogen (secondary N) is 2. The zero-order chi connectivity index (χ0) is 14.9. The molecule has 6 nitrogen and oxygen atoms in total. The van der Waals surface area contributed by atoms with Crippen molar-refractivity contribution in [2.45, 2.75) is 20.3 Å². The van der Waals surface area contributed by atoms with Crippen molar-refractivity contribution in [3.8, 4) is 5.82 Å². The van der Waals surface area contributed by atoms with E-state index in [0.29, 0.717) is 0 Å². The summed E-state index contributed by atoms with van der Waals surface area (Å²) in [6.45, 7) is 5.52. The summed E-state index contributed by atoms with van der Waals surface area (Å²) >= 11 is 0. The molecule has 3 heterocycles. The highest BCUT2D eigenvalue weighted by Crippen LogP contribution is 2.26. The van der Waals surface area contributed by atoms with Crippen LogP contribution in [0.25, 0.3) is 5.82 Å². The van der Waals surface area contributed by atoms with Crippen LogP contribution < -0.4 is 10.6 Å². The number of nitrogens with zero attached hydrogens (tertiary/aromatic N) is 3. The summed E-state index contributed by atoms with van der Waals surface area (Å²) in [5, 5.41) is 6.17. The fraction of sp³-hybridized carbons (Fsp3) is 0.400. The number of amides is 1. The summed E-state index contributed by atoms with van der Waals surface area (Å²) in [4.78, 5) is 20.9. The van der Waals surface area contributed by atoms with Gasteiger partial charge in [-0.1, -0.05) is 0 Å². The van der Waals surface area contributed by atoms with Gasteiger partial charge in [-0.2, -0.15) is 0 Å². The van der Waals surface area contributed by atoms with Crippen molar-refractivity contribution >= 4 is 11.6 Å². The molecule has 0 radical (unpaired) electrons. The zero-order valence-electron chi connectivity index (χ0n) is 12.3. The van der Waals surface area contributed by atoms with Crippen LogP contribution in [0.4, 0.5) is 5.69 Å². The van der Waals surface area contributed by atoms with Crippen LogP contribution in [0.15, 0.2) is 30.7 Å². The van der Waals surface area contributed by atoms with E-state index in [2.05, 4.69) is 20.6 Å². The Bertz CT molecular complexity index is 640. The smallest absolute Gasteiger partial charge is 0.231 e. The van der Waals surface area contributed by atoms with Crippen LogP contribution in [0.3, 0.4) is 0 Å². The molecule has 1 atom stereocenters. The summed E-state index contributed by atoms with van der Waals surface area (Å²) in [6.07, 6.45) is 6.14. The van der Waals surface area contributed by atoms with Crippen molar-refractivity contribution in [2.75, 3.05) is 18.4 Å². The van der Waals surface area contributed by atoms with Crippen LogP contribution >= 0.6 is 0 Å². The van der Waals surface area contributed by atoms with E-state index in [1.807, 2.05) is 36.7 Å². The molecule has 0 aliphatic carbocycles. The van der Waals surface area contributed by atoms with Crippen molar-refractivity contribution in [3.05, 3.63) is 36.5 Å². The van der Waals surface area contributed by atoms with Gasteiger partial charge >= 0.3 is 0 Å². The Labute approximate surface area is 123 Å². The average molecular weight is 285 g/mol. The molecule has 1 fully saturated rings. The van der Waals surface area contributed by atoms with E-state index in [1.54, 1.807) is 12.4 Å². The maximum absolute atomic E-state index is 12.3. The molecule has 0 aromatic carbocycles. The predicted molar refractivity (Wildman–Crippen MR) is 80.3 cm³/mol. The maximum Gasteiger partial charge on any atom is 0.231 e. The predicted octanol–water partition coefficient (Wildman–Crippen LogP) is 1.51. The van der Waals surface area contributed by atoms with Gasteiger partial charge in [0.05, 0.1) is 17.3 Å². The Balaban J connectivity index is 1.73. The third-order valence-corrected chi connectivity index (χ3v) is 4.00. The Morgan fingerprint density at radius 3 is 2.86 bits per heavy atom. The molecule has 1 unspecified atom stereocenters. The van der Waals surface area contributed by atoms with E-state index in [-0.39, 0.29) is 11.3 Å². The molecule has 1 aliphatic rings. The summed E-state index contributed by atoms with van der Waals surface area (Å²) in [6, 6.07) is 3.74. The number of hydrogen-bond donors (Lipinski definition) is 2. The van der Waals surface area contributed by atoms with Crippen molar-refractivity contribution in [3.63, 3.8) is 0 Å². The highest BCUT2D eigenvalue weighted by Gasteiger charge is 2.36. The lowest BCUT2D eigenvalue weighted by Gasteiger charge is -2.21. The first kappa shape index (κ1) is 13.8. The highest BCUT2D eigenvalue weighted by atomic mass is 16.2. The summed E-state index contributed by atoms with van der Waals surface area (Å²) in [7, 11) is 0. The first-order valence-corrected chi connectivity index (χ1v) is 7.07. The minimum absolute atomic E-state index is 0.0425. The maximum atomic E-state index is 12.3. The quantitative estimate of drug-likeness (QED) is 0.897. The molecule has 2 aromatic heterocycles. The number of imidazole rings is 1. The average Bonchev–Trinajstić information content (AvgIpc) is 3.09. The van der Waals surface area contributed by atoms with E-state index in [1.165, 1.54) is 0 Å². The number of rotatable bonds is 3. The Hall–Kier alpha value is -2.21. The summed E-state index contributed by atoms with van der Waals surface area (Å²) in [5.41, 5.74) is 0.384. The van der Waals surface area contributed by atoms with Gasteiger partial charge in [0.1, 0.15) is 11.6 Å². The van der Waals surface area contributed by atoms with Gasteiger partial charge in [-0.15, -0.1) is 0 Å². The van der Waals surface area contributed by atoms with Gasteiger partial charge in [0.2, 0.25) is 5.91 Å². The van der Waals surface area contributed by atoms with Crippen molar-refractivity contribution < 1.29 is 4.79 Å². The van der Waals surface area contributed by atoms with E-state index < -0.39 is 0 Å². The SMILES string of the molecule is Cc1nccn1-c1ccc(NC(=O)C2(C)CCNC2)cn1. The van der Waals surface area contributed by atoms with Crippen LogP contribution in [0.5, 0.6) is 0 Å². The van der Waals surface area contributed by atoms with Gasteiger partial charge in [-0.3, -0.25) is 9.36 Å². The molecule has 3 rings (SSSR count). The molecular formula is C15H19N5O. The Morgan fingerprint density at radius 2 is 2.29 bits per heavy atom. The minimum atomic E-state index is -0.334. The van der Waals surface area contributed by atoms with Gasteiger partial charge in [0, 0.05) is 18.9 Å². The second-order valence-electron chi connectivity index (χ2n) is 5.69. The lowest BCUT2D eigenvalue weighted by Crippen LogP contribution is -2.35. The van der Waals surface area contributed by atoms with Crippen molar-refractivity contribution in [1.82, 2.24) is 19.9 Å². The summed E-state index contributed by atoms with van der Waals surface area (Å²) < 4.78 is 1.90. The largest absolute Gasteiger partial charge is 0.324 e. The number of anilines is 1. The standard InChI is InChI=1S/C15H19N5O/c1-11-17-7-8-20(11)13-4-3-12(9-18-13)19-14(21)15(2)5-6-16-10-15/h3-4,7-9,16H,5-6,10H2,1-2H3,(H,19,21). The van der Waals surface area contributed by atoms with Crippen LogP contribution in [0.2, 0.25) is 0 Å². The van der Waals surface area contributed by atoms with Crippen LogP contribution in [0.1, 0.15) is 19.2 Å². The van der Waals surface area contributed by atoms with E-state index in [4.69, 9.17) is 0 Å².